The minimum atomic E-state index is -1.06. The first-order chi connectivity index (χ1) is 8.73. The van der Waals surface area contributed by atoms with E-state index >= 15 is 0 Å². The minimum absolute atomic E-state index is 0.155. The number of nitrogens with zero attached hydrogens (tertiary/aromatic N) is 1. The van der Waals surface area contributed by atoms with Crippen molar-refractivity contribution >= 4 is 35.1 Å². The predicted molar refractivity (Wildman–Crippen MR) is 73.8 cm³/mol. The van der Waals surface area contributed by atoms with Gasteiger partial charge < -0.3 is 15.0 Å². The van der Waals surface area contributed by atoms with Gasteiger partial charge in [-0.1, -0.05) is 37.0 Å². The number of aliphatic carboxylic acids is 1. The number of amides is 1. The van der Waals surface area contributed by atoms with Crippen molar-refractivity contribution in [3.05, 3.63) is 21.9 Å². The van der Waals surface area contributed by atoms with E-state index in [1.807, 2.05) is 13.8 Å². The second kappa shape index (κ2) is 6.30. The number of nitrogens with one attached hydrogen (secondary N) is 1. The zero-order chi connectivity index (χ0) is 14.7. The molecule has 1 rings (SSSR count). The third-order valence-electron chi connectivity index (χ3n) is 2.66. The van der Waals surface area contributed by atoms with Crippen LogP contribution in [0.1, 0.15) is 30.8 Å². The maximum absolute atomic E-state index is 12.0. The van der Waals surface area contributed by atoms with Gasteiger partial charge in [-0.15, -0.1) is 0 Å². The number of aromatic nitrogens is 1. The Bertz CT molecular complexity index is 497. The number of carbonyl (C=O) groups is 2. The lowest BCUT2D eigenvalue weighted by atomic mass is 10.0. The molecular weight excluding hydrogens is 291 g/mol. The van der Waals surface area contributed by atoms with Gasteiger partial charge in [-0.05, 0) is 18.4 Å². The Morgan fingerprint density at radius 1 is 1.42 bits per heavy atom. The summed E-state index contributed by atoms with van der Waals surface area (Å²) in [5, 5.41) is 12.0. The number of carboxylic acids is 1. The minimum Gasteiger partial charge on any atom is -0.480 e. The molecule has 0 aliphatic carbocycles. The summed E-state index contributed by atoms with van der Waals surface area (Å²) >= 11 is 11.7. The fraction of sp³-hybridized carbons (Fsp3) is 0.500. The average molecular weight is 307 g/mol. The second-order valence-corrected chi connectivity index (χ2v) is 5.49. The number of halogens is 2. The SMILES string of the molecule is CC(C)C[C@@H](NC(=O)c1cc(Cl)c(Cl)n1C)C(=O)O. The quantitative estimate of drug-likeness (QED) is 0.878. The molecule has 0 aliphatic rings. The highest BCUT2D eigenvalue weighted by Gasteiger charge is 2.24. The monoisotopic (exact) mass is 306 g/mol. The van der Waals surface area contributed by atoms with E-state index in [9.17, 15) is 9.59 Å². The van der Waals surface area contributed by atoms with Gasteiger partial charge in [0.15, 0.2) is 0 Å². The molecule has 0 radical (unpaired) electrons. The van der Waals surface area contributed by atoms with Crippen LogP contribution in [0.5, 0.6) is 0 Å². The van der Waals surface area contributed by atoms with E-state index in [1.54, 1.807) is 7.05 Å². The van der Waals surface area contributed by atoms with Crippen molar-refractivity contribution in [2.24, 2.45) is 13.0 Å². The van der Waals surface area contributed by atoms with Gasteiger partial charge in [0.1, 0.15) is 16.9 Å². The van der Waals surface area contributed by atoms with Crippen molar-refractivity contribution in [2.45, 2.75) is 26.3 Å². The Labute approximate surface area is 121 Å². The summed E-state index contributed by atoms with van der Waals surface area (Å²) in [6.07, 6.45) is 0.354. The van der Waals surface area contributed by atoms with E-state index in [1.165, 1.54) is 10.6 Å². The van der Waals surface area contributed by atoms with Crippen molar-refractivity contribution in [3.8, 4) is 0 Å². The molecule has 106 valence electrons. The first-order valence-electron chi connectivity index (χ1n) is 5.78. The number of carboxylic acid groups (broad SMARTS) is 1. The van der Waals surface area contributed by atoms with Crippen LogP contribution in [0.25, 0.3) is 0 Å². The van der Waals surface area contributed by atoms with E-state index in [0.29, 0.717) is 6.42 Å². The third kappa shape index (κ3) is 3.88. The lowest BCUT2D eigenvalue weighted by Crippen LogP contribution is -2.42. The van der Waals surface area contributed by atoms with Crippen molar-refractivity contribution in [3.63, 3.8) is 0 Å². The number of hydrogen-bond donors (Lipinski definition) is 2. The lowest BCUT2D eigenvalue weighted by molar-refractivity contribution is -0.139. The molecule has 0 aliphatic heterocycles. The zero-order valence-corrected chi connectivity index (χ0v) is 12.4. The van der Waals surface area contributed by atoms with Crippen LogP contribution in [0.4, 0.5) is 0 Å². The third-order valence-corrected chi connectivity index (χ3v) is 3.50. The van der Waals surface area contributed by atoms with Gasteiger partial charge >= 0.3 is 5.97 Å². The van der Waals surface area contributed by atoms with Gasteiger partial charge in [0, 0.05) is 7.05 Å². The van der Waals surface area contributed by atoms with E-state index in [-0.39, 0.29) is 21.8 Å². The molecule has 1 atom stereocenters. The Morgan fingerprint density at radius 3 is 2.37 bits per heavy atom. The van der Waals surface area contributed by atoms with Crippen LogP contribution >= 0.6 is 23.2 Å². The molecule has 2 N–H and O–H groups in total. The van der Waals surface area contributed by atoms with Crippen LogP contribution in [0, 0.1) is 5.92 Å². The molecule has 0 bridgehead atoms. The number of carbonyl (C=O) groups excluding carboxylic acids is 1. The zero-order valence-electron chi connectivity index (χ0n) is 10.9. The van der Waals surface area contributed by atoms with Gasteiger partial charge in [-0.25, -0.2) is 4.79 Å². The maximum atomic E-state index is 12.0. The normalized spacial score (nSPS) is 12.5. The van der Waals surface area contributed by atoms with E-state index in [0.717, 1.165) is 0 Å². The average Bonchev–Trinajstić information content (AvgIpc) is 2.55. The molecule has 1 aromatic rings. The second-order valence-electron chi connectivity index (χ2n) is 4.72. The molecule has 0 spiro atoms. The molecule has 1 aromatic heterocycles. The molecule has 1 amide bonds. The first-order valence-corrected chi connectivity index (χ1v) is 6.54. The molecule has 0 fully saturated rings. The summed E-state index contributed by atoms with van der Waals surface area (Å²) in [5.74, 6) is -1.42. The Kier molecular flexibility index (Phi) is 5.26. The van der Waals surface area contributed by atoms with Crippen LogP contribution in [-0.2, 0) is 11.8 Å². The summed E-state index contributed by atoms with van der Waals surface area (Å²) in [4.78, 5) is 23.1. The lowest BCUT2D eigenvalue weighted by Gasteiger charge is -2.16. The molecule has 7 heteroatoms. The summed E-state index contributed by atoms with van der Waals surface area (Å²) in [5.41, 5.74) is 0.227. The molecule has 0 saturated heterocycles. The standard InChI is InChI=1S/C12H16Cl2N2O3/c1-6(2)4-8(12(18)19)15-11(17)9-5-7(13)10(14)16(9)3/h5-6,8H,4H2,1-3H3,(H,15,17)(H,18,19)/t8-/m1/s1. The molecular formula is C12H16Cl2N2O3. The molecule has 0 aromatic carbocycles. The highest BCUT2D eigenvalue weighted by Crippen LogP contribution is 2.25. The van der Waals surface area contributed by atoms with Crippen LogP contribution in [0.2, 0.25) is 10.2 Å². The number of rotatable bonds is 5. The van der Waals surface area contributed by atoms with Crippen LogP contribution in [0.3, 0.4) is 0 Å². The largest absolute Gasteiger partial charge is 0.480 e. The van der Waals surface area contributed by atoms with Gasteiger partial charge in [-0.3, -0.25) is 4.79 Å². The molecule has 0 saturated carbocycles. The maximum Gasteiger partial charge on any atom is 0.326 e. The van der Waals surface area contributed by atoms with Crippen molar-refractivity contribution in [1.82, 2.24) is 9.88 Å². The van der Waals surface area contributed by atoms with Gasteiger partial charge in [0.05, 0.1) is 5.02 Å². The highest BCUT2D eigenvalue weighted by molar-refractivity contribution is 6.41. The fourth-order valence-electron chi connectivity index (χ4n) is 1.69. The van der Waals surface area contributed by atoms with Gasteiger partial charge in [-0.2, -0.15) is 0 Å². The molecule has 19 heavy (non-hydrogen) atoms. The number of hydrogen-bond acceptors (Lipinski definition) is 2. The summed E-state index contributed by atoms with van der Waals surface area (Å²) in [6, 6.07) is 0.480. The van der Waals surface area contributed by atoms with Crippen molar-refractivity contribution in [1.29, 1.82) is 0 Å². The molecule has 0 unspecified atom stereocenters. The topological polar surface area (TPSA) is 71.3 Å². The predicted octanol–water partition coefficient (Wildman–Crippen LogP) is 2.56. The van der Waals surface area contributed by atoms with E-state index < -0.39 is 17.9 Å². The summed E-state index contributed by atoms with van der Waals surface area (Å²) in [7, 11) is 1.58. The Morgan fingerprint density at radius 2 is 2.00 bits per heavy atom. The van der Waals surface area contributed by atoms with Crippen molar-refractivity contribution < 1.29 is 14.7 Å². The first kappa shape index (κ1) is 15.9. The van der Waals surface area contributed by atoms with Gasteiger partial charge in [0.2, 0.25) is 0 Å². The highest BCUT2D eigenvalue weighted by atomic mass is 35.5. The van der Waals surface area contributed by atoms with Crippen LogP contribution in [0.15, 0.2) is 6.07 Å². The Balaban J connectivity index is 2.88. The summed E-state index contributed by atoms with van der Waals surface area (Å²) < 4.78 is 1.41. The summed E-state index contributed by atoms with van der Waals surface area (Å²) in [6.45, 7) is 3.77. The van der Waals surface area contributed by atoms with E-state index in [2.05, 4.69) is 5.32 Å². The van der Waals surface area contributed by atoms with Gasteiger partial charge in [0.25, 0.3) is 5.91 Å². The van der Waals surface area contributed by atoms with Crippen LogP contribution in [-0.4, -0.2) is 27.6 Å². The molecule has 5 nitrogen and oxygen atoms in total. The van der Waals surface area contributed by atoms with E-state index in [4.69, 9.17) is 28.3 Å². The van der Waals surface area contributed by atoms with Crippen LogP contribution < -0.4 is 5.32 Å². The molecule has 1 heterocycles. The fourth-order valence-corrected chi connectivity index (χ4v) is 2.06. The van der Waals surface area contributed by atoms with Crippen molar-refractivity contribution in [2.75, 3.05) is 0 Å². The Hall–Kier alpha value is -1.20. The smallest absolute Gasteiger partial charge is 0.326 e.